The van der Waals surface area contributed by atoms with Gasteiger partial charge in [-0.1, -0.05) is 31.2 Å². The molecule has 1 unspecified atom stereocenters. The molecule has 0 amide bonds. The van der Waals surface area contributed by atoms with Crippen LogP contribution in [0, 0.1) is 0 Å². The molecule has 2 aliphatic carbocycles. The van der Waals surface area contributed by atoms with Crippen LogP contribution in [0.5, 0.6) is 5.75 Å². The molecule has 11 heteroatoms. The van der Waals surface area contributed by atoms with E-state index in [1.54, 1.807) is 30.3 Å². The largest absolute Gasteiger partial charge is 1.00 e. The van der Waals surface area contributed by atoms with E-state index in [2.05, 4.69) is 4.72 Å². The van der Waals surface area contributed by atoms with Gasteiger partial charge in [-0.05, 0) is 71.8 Å². The van der Waals surface area contributed by atoms with Crippen molar-refractivity contribution in [3.63, 3.8) is 0 Å². The van der Waals surface area contributed by atoms with Crippen LogP contribution in [0.3, 0.4) is 0 Å². The van der Waals surface area contributed by atoms with Crippen molar-refractivity contribution in [1.29, 1.82) is 0 Å². The molecule has 0 saturated carbocycles. The number of fused-ring (bicyclic) bond motifs is 1. The molecule has 1 aromatic rings. The number of aliphatic hydroxyl groups is 1. The van der Waals surface area contributed by atoms with Gasteiger partial charge in [0.05, 0.1) is 16.9 Å². The second-order valence-corrected chi connectivity index (χ2v) is 11.2. The quantitative estimate of drug-likeness (QED) is 0.205. The van der Waals surface area contributed by atoms with E-state index in [4.69, 9.17) is 4.74 Å². The zero-order chi connectivity index (χ0) is 24.9. The molecule has 0 spiro atoms. The maximum absolute atomic E-state index is 12.4. The van der Waals surface area contributed by atoms with Gasteiger partial charge in [0, 0.05) is 19.1 Å². The molecule has 8 nitrogen and oxygen atoms in total. The Labute approximate surface area is 229 Å². The van der Waals surface area contributed by atoms with Crippen LogP contribution in [0.2, 0.25) is 0 Å². The number of aliphatic hydroxyl groups excluding tert-OH is 1. The standard InChI is InChI=1S/C24H29NO7S2.Na/c1-17(16-26)18-6-12-22-19(15-24(34(29,30)31)23(22)13-7-18)5-3-4-14-25-33(27,28)21-10-8-20(32-2)9-11-21;/h6-13,15,17,25-26H,3-5,14,16H2,1-2H3,(H,29,30,31);/q;+1/p-1. The summed E-state index contributed by atoms with van der Waals surface area (Å²) in [5, 5.41) is 9.42. The van der Waals surface area contributed by atoms with Gasteiger partial charge in [-0.15, -0.1) is 0 Å². The molecule has 2 N–H and O–H groups in total. The number of ether oxygens (including phenoxy) is 1. The van der Waals surface area contributed by atoms with Gasteiger partial charge in [-0.3, -0.25) is 0 Å². The van der Waals surface area contributed by atoms with E-state index in [9.17, 15) is 26.5 Å². The van der Waals surface area contributed by atoms with Gasteiger partial charge in [0.1, 0.15) is 15.9 Å². The molecule has 3 rings (SSSR count). The number of benzene rings is 1. The first kappa shape index (κ1) is 29.7. The number of methoxy groups -OCH3 is 1. The van der Waals surface area contributed by atoms with Gasteiger partial charge >= 0.3 is 29.6 Å². The van der Waals surface area contributed by atoms with Crippen molar-refractivity contribution in [3.8, 4) is 16.9 Å². The molecule has 2 aliphatic rings. The molecule has 1 atom stereocenters. The van der Waals surface area contributed by atoms with Gasteiger partial charge < -0.3 is 14.4 Å². The zero-order valence-corrected chi connectivity index (χ0v) is 23.7. The average Bonchev–Trinajstić information content (AvgIpc) is 3.01. The minimum absolute atomic E-state index is 0. The number of unbranched alkanes of at least 4 members (excludes halogenated alkanes) is 1. The summed E-state index contributed by atoms with van der Waals surface area (Å²) in [5.74, 6) is 0.428. The fraction of sp³-hybridized carbons (Fsp3) is 0.333. The van der Waals surface area contributed by atoms with Crippen LogP contribution in [-0.2, 0) is 26.6 Å². The monoisotopic (exact) mass is 529 g/mol. The minimum atomic E-state index is -4.67. The molecule has 0 heterocycles. The van der Waals surface area contributed by atoms with E-state index >= 15 is 0 Å². The summed E-state index contributed by atoms with van der Waals surface area (Å²) in [6.07, 6.45) is 1.58. The number of rotatable bonds is 11. The van der Waals surface area contributed by atoms with Crippen LogP contribution in [0.25, 0.3) is 11.1 Å². The third-order valence-corrected chi connectivity index (χ3v) is 8.09. The third-order valence-electron chi connectivity index (χ3n) is 5.74. The summed E-state index contributed by atoms with van der Waals surface area (Å²) in [6, 6.07) is 14.4. The number of hydrogen-bond acceptors (Lipinski definition) is 7. The SMILES string of the molecule is COc1ccc(S(=O)(=O)NCCCCc2cc(S(=O)(=O)[O-])c3ccc(C(C)CO)ccc2-3)cc1.[Na+]. The Bertz CT molecular complexity index is 1310. The summed E-state index contributed by atoms with van der Waals surface area (Å²) in [7, 11) is -6.82. The minimum Gasteiger partial charge on any atom is -0.744 e. The Hall–Kier alpha value is -1.50. The predicted octanol–water partition coefficient (Wildman–Crippen LogP) is 0.105. The van der Waals surface area contributed by atoms with Crippen molar-refractivity contribution >= 4 is 20.1 Å². The second-order valence-electron chi connectivity index (χ2n) is 8.10. The van der Waals surface area contributed by atoms with Crippen LogP contribution in [0.1, 0.15) is 36.8 Å². The molecule has 0 aliphatic heterocycles. The number of aryl methyl sites for hydroxylation is 1. The first-order chi connectivity index (χ1) is 16.1. The fourth-order valence-electron chi connectivity index (χ4n) is 3.74. The Morgan fingerprint density at radius 3 is 2.17 bits per heavy atom. The van der Waals surface area contributed by atoms with Gasteiger partial charge in [0.25, 0.3) is 0 Å². The van der Waals surface area contributed by atoms with Crippen LogP contribution in [0.4, 0.5) is 0 Å². The molecule has 0 saturated heterocycles. The van der Waals surface area contributed by atoms with Crippen LogP contribution >= 0.6 is 0 Å². The predicted molar refractivity (Wildman–Crippen MR) is 128 cm³/mol. The van der Waals surface area contributed by atoms with Gasteiger partial charge in [0.15, 0.2) is 0 Å². The van der Waals surface area contributed by atoms with Crippen LogP contribution in [0.15, 0.2) is 64.4 Å². The van der Waals surface area contributed by atoms with Crippen molar-refractivity contribution in [2.24, 2.45) is 0 Å². The Morgan fingerprint density at radius 1 is 0.971 bits per heavy atom. The van der Waals surface area contributed by atoms with Crippen molar-refractivity contribution in [2.45, 2.75) is 41.9 Å². The molecule has 0 fully saturated rings. The molecular formula is C24H28NNaO7S2. The van der Waals surface area contributed by atoms with Crippen molar-refractivity contribution in [3.05, 3.63) is 65.7 Å². The normalized spacial score (nSPS) is 12.8. The Morgan fingerprint density at radius 2 is 1.60 bits per heavy atom. The molecular weight excluding hydrogens is 501 g/mol. The molecule has 0 aromatic heterocycles. The van der Waals surface area contributed by atoms with Crippen LogP contribution < -0.4 is 39.0 Å². The molecule has 0 radical (unpaired) electrons. The topological polar surface area (TPSA) is 133 Å². The fourth-order valence-corrected chi connectivity index (χ4v) is 5.54. The smallest absolute Gasteiger partial charge is 0.744 e. The number of nitrogens with one attached hydrogen (secondary N) is 1. The first-order valence-electron chi connectivity index (χ1n) is 10.8. The summed E-state index contributed by atoms with van der Waals surface area (Å²) in [4.78, 5) is -0.127. The summed E-state index contributed by atoms with van der Waals surface area (Å²) < 4.78 is 67.9. The summed E-state index contributed by atoms with van der Waals surface area (Å²) >= 11 is 0. The van der Waals surface area contributed by atoms with Gasteiger partial charge in [-0.25, -0.2) is 21.6 Å². The third kappa shape index (κ3) is 7.50. The van der Waals surface area contributed by atoms with E-state index in [0.717, 1.165) is 5.56 Å². The van der Waals surface area contributed by atoms with Gasteiger partial charge in [-0.2, -0.15) is 0 Å². The zero-order valence-electron chi connectivity index (χ0n) is 20.0. The molecule has 0 bridgehead atoms. The summed E-state index contributed by atoms with van der Waals surface area (Å²) in [6.45, 7) is 2.01. The van der Waals surface area contributed by atoms with Crippen LogP contribution in [-0.4, -0.2) is 46.8 Å². The molecule has 1 aromatic carbocycles. The van der Waals surface area contributed by atoms with Gasteiger partial charge in [0.2, 0.25) is 10.0 Å². The van der Waals surface area contributed by atoms with Crippen molar-refractivity contribution in [2.75, 3.05) is 20.3 Å². The Kier molecular flexibility index (Phi) is 10.7. The molecule has 184 valence electrons. The maximum Gasteiger partial charge on any atom is 1.00 e. The second kappa shape index (κ2) is 12.6. The maximum atomic E-state index is 12.4. The van der Waals surface area contributed by atoms with Crippen molar-refractivity contribution < 1.29 is 60.8 Å². The molecule has 35 heavy (non-hydrogen) atoms. The summed E-state index contributed by atoms with van der Waals surface area (Å²) in [5.41, 5.74) is 2.54. The number of sulfonamides is 1. The average molecular weight is 530 g/mol. The first-order valence-corrected chi connectivity index (χ1v) is 13.7. The van der Waals surface area contributed by atoms with E-state index in [0.29, 0.717) is 41.7 Å². The van der Waals surface area contributed by atoms with Crippen molar-refractivity contribution in [1.82, 2.24) is 4.72 Å². The van der Waals surface area contributed by atoms with E-state index < -0.39 is 20.1 Å². The Balaban J connectivity index is 0.00000432. The van der Waals surface area contributed by atoms with E-state index in [-0.39, 0.29) is 58.4 Å². The van der Waals surface area contributed by atoms with E-state index in [1.807, 2.05) is 13.0 Å². The number of hydrogen-bond donors (Lipinski definition) is 2. The van der Waals surface area contributed by atoms with E-state index in [1.165, 1.54) is 25.3 Å².